The Morgan fingerprint density at radius 3 is 2.64 bits per heavy atom. The molecule has 28 heavy (non-hydrogen) atoms. The summed E-state index contributed by atoms with van der Waals surface area (Å²) in [6, 6.07) is 11.9. The fourth-order valence-electron chi connectivity index (χ4n) is 3.46. The molecule has 6 nitrogen and oxygen atoms in total. The van der Waals surface area contributed by atoms with E-state index in [0.29, 0.717) is 24.5 Å². The van der Waals surface area contributed by atoms with Crippen LogP contribution >= 0.6 is 0 Å². The average Bonchev–Trinajstić information content (AvgIpc) is 3.15. The molecule has 1 aliphatic heterocycles. The van der Waals surface area contributed by atoms with Gasteiger partial charge in [-0.05, 0) is 49.0 Å². The molecule has 3 rings (SSSR count). The highest BCUT2D eigenvalue weighted by Gasteiger charge is 2.19. The third-order valence-corrected chi connectivity index (χ3v) is 5.03. The van der Waals surface area contributed by atoms with E-state index < -0.39 is 0 Å². The number of amides is 1. The van der Waals surface area contributed by atoms with Crippen LogP contribution in [0.15, 0.2) is 36.4 Å². The largest absolute Gasteiger partial charge is 0.493 e. The highest BCUT2D eigenvalue weighted by Crippen LogP contribution is 2.30. The predicted octanol–water partition coefficient (Wildman–Crippen LogP) is 2.60. The normalized spacial score (nSPS) is 13.6. The lowest BCUT2D eigenvalue weighted by molar-refractivity contribution is -0.120. The van der Waals surface area contributed by atoms with Crippen molar-refractivity contribution in [3.8, 4) is 17.2 Å². The first-order valence-corrected chi connectivity index (χ1v) is 9.41. The summed E-state index contributed by atoms with van der Waals surface area (Å²) >= 11 is 0. The Balaban J connectivity index is 1.63. The van der Waals surface area contributed by atoms with E-state index in [2.05, 4.69) is 22.3 Å². The fourth-order valence-corrected chi connectivity index (χ4v) is 3.46. The Kier molecular flexibility index (Phi) is 6.41. The second kappa shape index (κ2) is 8.97. The molecule has 0 saturated heterocycles. The summed E-state index contributed by atoms with van der Waals surface area (Å²) in [7, 11) is 7.23. The van der Waals surface area contributed by atoms with Gasteiger partial charge < -0.3 is 24.4 Å². The quantitative estimate of drug-likeness (QED) is 0.758. The highest BCUT2D eigenvalue weighted by atomic mass is 16.5. The number of carbonyl (C=O) groups excluding carboxylic acids is 1. The lowest BCUT2D eigenvalue weighted by atomic mass is 10.0. The number of benzene rings is 2. The van der Waals surface area contributed by atoms with Crippen molar-refractivity contribution in [1.82, 2.24) is 10.2 Å². The van der Waals surface area contributed by atoms with Crippen LogP contribution in [0.1, 0.15) is 22.7 Å². The minimum Gasteiger partial charge on any atom is -0.493 e. The zero-order valence-corrected chi connectivity index (χ0v) is 17.0. The Morgan fingerprint density at radius 1 is 1.14 bits per heavy atom. The molecule has 1 unspecified atom stereocenters. The number of carbonyl (C=O) groups is 1. The molecule has 1 aliphatic rings. The number of likely N-dealkylation sites (N-methyl/N-ethyl adjacent to an activating group) is 1. The summed E-state index contributed by atoms with van der Waals surface area (Å²) in [6.07, 6.45) is 1.23. The topological polar surface area (TPSA) is 60.0 Å². The smallest absolute Gasteiger partial charge is 0.224 e. The van der Waals surface area contributed by atoms with Gasteiger partial charge in [-0.15, -0.1) is 0 Å². The lowest BCUT2D eigenvalue weighted by Gasteiger charge is -2.25. The van der Waals surface area contributed by atoms with Crippen molar-refractivity contribution >= 4 is 5.91 Å². The maximum absolute atomic E-state index is 12.5. The Labute approximate surface area is 166 Å². The summed E-state index contributed by atoms with van der Waals surface area (Å²) in [5, 5.41) is 3.06. The first kappa shape index (κ1) is 20.0. The molecule has 0 aliphatic carbocycles. The summed E-state index contributed by atoms with van der Waals surface area (Å²) in [5.41, 5.74) is 3.30. The molecule has 1 N–H and O–H groups in total. The monoisotopic (exact) mass is 384 g/mol. The van der Waals surface area contributed by atoms with Crippen LogP contribution in [0.25, 0.3) is 0 Å². The van der Waals surface area contributed by atoms with Crippen LogP contribution in [-0.2, 0) is 17.6 Å². The van der Waals surface area contributed by atoms with Crippen LogP contribution in [0.5, 0.6) is 17.2 Å². The number of hydrogen-bond donors (Lipinski definition) is 1. The van der Waals surface area contributed by atoms with Gasteiger partial charge in [-0.25, -0.2) is 0 Å². The zero-order valence-electron chi connectivity index (χ0n) is 17.0. The summed E-state index contributed by atoms with van der Waals surface area (Å²) in [6.45, 7) is 1.28. The maximum atomic E-state index is 12.5. The van der Waals surface area contributed by atoms with Gasteiger partial charge >= 0.3 is 0 Å². The maximum Gasteiger partial charge on any atom is 0.224 e. The van der Waals surface area contributed by atoms with E-state index in [1.54, 1.807) is 14.2 Å². The lowest BCUT2D eigenvalue weighted by Crippen LogP contribution is -2.35. The first-order valence-electron chi connectivity index (χ1n) is 9.41. The molecule has 0 aromatic heterocycles. The van der Waals surface area contributed by atoms with E-state index in [4.69, 9.17) is 14.2 Å². The van der Waals surface area contributed by atoms with Gasteiger partial charge in [0.2, 0.25) is 5.91 Å². The van der Waals surface area contributed by atoms with Gasteiger partial charge in [0, 0.05) is 13.0 Å². The van der Waals surface area contributed by atoms with Crippen molar-refractivity contribution < 1.29 is 19.0 Å². The van der Waals surface area contributed by atoms with Crippen LogP contribution in [0.2, 0.25) is 0 Å². The average molecular weight is 384 g/mol. The van der Waals surface area contributed by atoms with Crippen molar-refractivity contribution in [3.63, 3.8) is 0 Å². The standard InChI is InChI=1S/C22H28N2O4/c1-24(2)18(16-6-8-19-17(13-16)9-10-28-19)14-23-22(25)12-15-5-7-20(26-3)21(11-15)27-4/h5-8,11,13,18H,9-10,12,14H2,1-4H3,(H,23,25). The van der Waals surface area contributed by atoms with E-state index in [1.165, 1.54) is 11.1 Å². The third kappa shape index (κ3) is 4.57. The number of fused-ring (bicyclic) bond motifs is 1. The summed E-state index contributed by atoms with van der Waals surface area (Å²) < 4.78 is 16.1. The zero-order chi connectivity index (χ0) is 20.1. The minimum absolute atomic E-state index is 0.0245. The van der Waals surface area contributed by atoms with E-state index >= 15 is 0 Å². The predicted molar refractivity (Wildman–Crippen MR) is 108 cm³/mol. The van der Waals surface area contributed by atoms with Crippen molar-refractivity contribution in [2.24, 2.45) is 0 Å². The molecule has 0 bridgehead atoms. The van der Waals surface area contributed by atoms with Crippen molar-refractivity contribution in [1.29, 1.82) is 0 Å². The van der Waals surface area contributed by atoms with Gasteiger partial charge in [-0.1, -0.05) is 18.2 Å². The number of methoxy groups -OCH3 is 2. The molecule has 1 amide bonds. The molecule has 0 fully saturated rings. The minimum atomic E-state index is -0.0245. The van der Waals surface area contributed by atoms with Crippen LogP contribution in [0, 0.1) is 0 Å². The number of ether oxygens (including phenoxy) is 3. The SMILES string of the molecule is COc1ccc(CC(=O)NCC(c2ccc3c(c2)CCO3)N(C)C)cc1OC. The molecule has 1 heterocycles. The summed E-state index contributed by atoms with van der Waals surface area (Å²) in [5.74, 6) is 2.22. The van der Waals surface area contributed by atoms with E-state index in [-0.39, 0.29) is 11.9 Å². The van der Waals surface area contributed by atoms with Gasteiger partial charge in [0.05, 0.1) is 33.3 Å². The van der Waals surface area contributed by atoms with Crippen molar-refractivity contribution in [2.75, 3.05) is 41.5 Å². The Hall–Kier alpha value is -2.73. The molecule has 6 heteroatoms. The number of hydrogen-bond acceptors (Lipinski definition) is 5. The van der Waals surface area contributed by atoms with Crippen molar-refractivity contribution in [2.45, 2.75) is 18.9 Å². The fraction of sp³-hybridized carbons (Fsp3) is 0.409. The molecule has 0 saturated carbocycles. The molecule has 2 aromatic rings. The van der Waals surface area contributed by atoms with Crippen LogP contribution < -0.4 is 19.5 Å². The van der Waals surface area contributed by atoms with Crippen LogP contribution in [0.4, 0.5) is 0 Å². The Morgan fingerprint density at radius 2 is 1.93 bits per heavy atom. The van der Waals surface area contributed by atoms with Gasteiger partial charge in [-0.3, -0.25) is 4.79 Å². The second-order valence-corrected chi connectivity index (χ2v) is 7.12. The molecular weight excluding hydrogens is 356 g/mol. The van der Waals surface area contributed by atoms with E-state index in [0.717, 1.165) is 24.3 Å². The molecule has 150 valence electrons. The van der Waals surface area contributed by atoms with Crippen molar-refractivity contribution in [3.05, 3.63) is 53.1 Å². The Bertz CT molecular complexity index is 835. The highest BCUT2D eigenvalue weighted by molar-refractivity contribution is 5.78. The third-order valence-electron chi connectivity index (χ3n) is 5.03. The number of rotatable bonds is 8. The van der Waals surface area contributed by atoms with Crippen LogP contribution in [-0.4, -0.2) is 52.3 Å². The number of nitrogens with zero attached hydrogens (tertiary/aromatic N) is 1. The van der Waals surface area contributed by atoms with E-state index in [1.807, 2.05) is 38.4 Å². The van der Waals surface area contributed by atoms with Gasteiger partial charge in [-0.2, -0.15) is 0 Å². The molecule has 2 aromatic carbocycles. The molecule has 0 radical (unpaired) electrons. The van der Waals surface area contributed by atoms with E-state index in [9.17, 15) is 4.79 Å². The van der Waals surface area contributed by atoms with Gasteiger partial charge in [0.1, 0.15) is 5.75 Å². The molecule has 1 atom stereocenters. The number of nitrogens with one attached hydrogen (secondary N) is 1. The van der Waals surface area contributed by atoms with Gasteiger partial charge in [0.25, 0.3) is 0 Å². The summed E-state index contributed by atoms with van der Waals surface area (Å²) in [4.78, 5) is 14.6. The van der Waals surface area contributed by atoms with Crippen LogP contribution in [0.3, 0.4) is 0 Å². The second-order valence-electron chi connectivity index (χ2n) is 7.12. The molecule has 0 spiro atoms. The molecular formula is C22H28N2O4. The van der Waals surface area contributed by atoms with Gasteiger partial charge in [0.15, 0.2) is 11.5 Å². The first-order chi connectivity index (χ1) is 13.5.